The molecule has 2 rings (SSSR count). The van der Waals surface area contributed by atoms with E-state index < -0.39 is 11.6 Å². The summed E-state index contributed by atoms with van der Waals surface area (Å²) < 4.78 is 27.3. The molecule has 1 saturated heterocycles. The summed E-state index contributed by atoms with van der Waals surface area (Å²) >= 11 is 0. The Labute approximate surface area is 125 Å². The fourth-order valence-electron chi connectivity index (χ4n) is 2.90. The van der Waals surface area contributed by atoms with Crippen LogP contribution in [0, 0.1) is 11.6 Å². The molecule has 1 aliphatic heterocycles. The molecule has 1 aliphatic rings. The first kappa shape index (κ1) is 16.3. The summed E-state index contributed by atoms with van der Waals surface area (Å²) in [5.41, 5.74) is 0.411. The lowest BCUT2D eigenvalue weighted by Gasteiger charge is -2.36. The highest BCUT2D eigenvalue weighted by Crippen LogP contribution is 2.20. The van der Waals surface area contributed by atoms with Crippen molar-refractivity contribution in [2.24, 2.45) is 0 Å². The van der Waals surface area contributed by atoms with Crippen molar-refractivity contribution in [3.05, 3.63) is 35.4 Å². The Hall–Kier alpha value is -1.04. The number of hydrogen-bond acceptors (Lipinski definition) is 3. The van der Waals surface area contributed by atoms with Gasteiger partial charge in [0.25, 0.3) is 0 Å². The van der Waals surface area contributed by atoms with Gasteiger partial charge in [-0.05, 0) is 26.1 Å². The Morgan fingerprint density at radius 1 is 1.14 bits per heavy atom. The molecule has 118 valence electrons. The van der Waals surface area contributed by atoms with Gasteiger partial charge < -0.3 is 10.2 Å². The first-order valence-electron chi connectivity index (χ1n) is 7.71. The molecule has 1 atom stereocenters. The molecule has 0 radical (unpaired) electrons. The molecule has 1 aromatic rings. The molecule has 0 amide bonds. The third kappa shape index (κ3) is 4.22. The van der Waals surface area contributed by atoms with Crippen LogP contribution >= 0.6 is 0 Å². The fourth-order valence-corrected chi connectivity index (χ4v) is 2.90. The number of piperazine rings is 1. The SMILES string of the molecule is CCCN1CCN(CC(NC)c2cccc(F)c2F)CC1. The zero-order valence-electron chi connectivity index (χ0n) is 12.9. The fraction of sp³-hybridized carbons (Fsp3) is 0.625. The molecule has 0 aliphatic carbocycles. The van der Waals surface area contributed by atoms with Crippen LogP contribution < -0.4 is 5.32 Å². The van der Waals surface area contributed by atoms with E-state index in [1.165, 1.54) is 6.42 Å². The van der Waals surface area contributed by atoms with Crippen molar-refractivity contribution in [3.63, 3.8) is 0 Å². The molecule has 0 bridgehead atoms. The molecule has 1 fully saturated rings. The van der Waals surface area contributed by atoms with Gasteiger partial charge in [0.15, 0.2) is 11.6 Å². The van der Waals surface area contributed by atoms with Gasteiger partial charge >= 0.3 is 0 Å². The quantitative estimate of drug-likeness (QED) is 0.869. The van der Waals surface area contributed by atoms with Crippen molar-refractivity contribution in [3.8, 4) is 0 Å². The number of halogens is 2. The minimum atomic E-state index is -0.777. The smallest absolute Gasteiger partial charge is 0.163 e. The van der Waals surface area contributed by atoms with E-state index in [4.69, 9.17) is 0 Å². The van der Waals surface area contributed by atoms with Crippen LogP contribution in [0.4, 0.5) is 8.78 Å². The van der Waals surface area contributed by atoms with Crippen molar-refractivity contribution < 1.29 is 8.78 Å². The summed E-state index contributed by atoms with van der Waals surface area (Å²) in [6, 6.07) is 4.21. The lowest BCUT2D eigenvalue weighted by atomic mass is 10.0. The van der Waals surface area contributed by atoms with Crippen LogP contribution in [0.15, 0.2) is 18.2 Å². The lowest BCUT2D eigenvalue weighted by molar-refractivity contribution is 0.123. The summed E-state index contributed by atoms with van der Waals surface area (Å²) in [5, 5.41) is 3.11. The summed E-state index contributed by atoms with van der Waals surface area (Å²) in [6.45, 7) is 8.10. The van der Waals surface area contributed by atoms with Gasteiger partial charge in [0.2, 0.25) is 0 Å². The Balaban J connectivity index is 1.96. The van der Waals surface area contributed by atoms with Crippen LogP contribution in [-0.4, -0.2) is 56.1 Å². The maximum absolute atomic E-state index is 13.9. The van der Waals surface area contributed by atoms with Gasteiger partial charge in [-0.25, -0.2) is 8.78 Å². The zero-order chi connectivity index (χ0) is 15.2. The van der Waals surface area contributed by atoms with Gasteiger partial charge in [-0.3, -0.25) is 4.90 Å². The molecular weight excluding hydrogens is 272 g/mol. The van der Waals surface area contributed by atoms with Crippen LogP contribution in [0.5, 0.6) is 0 Å². The van der Waals surface area contributed by atoms with Crippen molar-refractivity contribution in [1.82, 2.24) is 15.1 Å². The maximum Gasteiger partial charge on any atom is 0.163 e. The number of benzene rings is 1. The second kappa shape index (κ2) is 7.82. The van der Waals surface area contributed by atoms with Gasteiger partial charge in [0, 0.05) is 44.3 Å². The highest BCUT2D eigenvalue weighted by atomic mass is 19.2. The van der Waals surface area contributed by atoms with E-state index in [0.717, 1.165) is 38.8 Å². The highest BCUT2D eigenvalue weighted by Gasteiger charge is 2.22. The largest absolute Gasteiger partial charge is 0.312 e. The Morgan fingerprint density at radius 3 is 2.43 bits per heavy atom. The minimum Gasteiger partial charge on any atom is -0.312 e. The van der Waals surface area contributed by atoms with Gasteiger partial charge in [-0.15, -0.1) is 0 Å². The monoisotopic (exact) mass is 297 g/mol. The van der Waals surface area contributed by atoms with Crippen LogP contribution in [0.2, 0.25) is 0 Å². The lowest BCUT2D eigenvalue weighted by Crippen LogP contribution is -2.48. The number of nitrogens with one attached hydrogen (secondary N) is 1. The molecule has 0 spiro atoms. The third-order valence-corrected chi connectivity index (χ3v) is 4.15. The molecule has 0 aromatic heterocycles. The van der Waals surface area contributed by atoms with Crippen LogP contribution in [0.1, 0.15) is 24.9 Å². The topological polar surface area (TPSA) is 18.5 Å². The maximum atomic E-state index is 13.9. The Morgan fingerprint density at radius 2 is 1.81 bits per heavy atom. The molecule has 0 saturated carbocycles. The van der Waals surface area contributed by atoms with Crippen LogP contribution in [0.25, 0.3) is 0 Å². The number of hydrogen-bond donors (Lipinski definition) is 1. The Kier molecular flexibility index (Phi) is 6.08. The molecule has 1 heterocycles. The summed E-state index contributed by atoms with van der Waals surface area (Å²) in [6.07, 6.45) is 1.17. The van der Waals surface area contributed by atoms with Gasteiger partial charge in [0.05, 0.1) is 0 Å². The first-order valence-corrected chi connectivity index (χ1v) is 7.71. The van der Waals surface area contributed by atoms with E-state index >= 15 is 0 Å². The summed E-state index contributed by atoms with van der Waals surface area (Å²) in [5.74, 6) is -1.51. The van der Waals surface area contributed by atoms with Gasteiger partial charge in [0.1, 0.15) is 0 Å². The van der Waals surface area contributed by atoms with E-state index in [1.807, 2.05) is 0 Å². The van der Waals surface area contributed by atoms with Crippen molar-refractivity contribution >= 4 is 0 Å². The van der Waals surface area contributed by atoms with Crippen molar-refractivity contribution in [2.75, 3.05) is 46.3 Å². The van der Waals surface area contributed by atoms with Crippen LogP contribution in [0.3, 0.4) is 0 Å². The highest BCUT2D eigenvalue weighted by molar-refractivity contribution is 5.23. The summed E-state index contributed by atoms with van der Waals surface area (Å²) in [4.78, 5) is 4.77. The minimum absolute atomic E-state index is 0.182. The molecule has 1 N–H and O–H groups in total. The average Bonchev–Trinajstić information content (AvgIpc) is 2.50. The molecule has 1 unspecified atom stereocenters. The molecule has 5 heteroatoms. The first-order chi connectivity index (χ1) is 10.2. The molecule has 3 nitrogen and oxygen atoms in total. The second-order valence-corrected chi connectivity index (χ2v) is 5.63. The van der Waals surface area contributed by atoms with E-state index in [0.29, 0.717) is 12.1 Å². The van der Waals surface area contributed by atoms with Gasteiger partial charge in [-0.2, -0.15) is 0 Å². The molecular formula is C16H25F2N3. The van der Waals surface area contributed by atoms with E-state index in [9.17, 15) is 8.78 Å². The van der Waals surface area contributed by atoms with E-state index in [1.54, 1.807) is 19.2 Å². The molecule has 1 aromatic carbocycles. The number of likely N-dealkylation sites (N-methyl/N-ethyl adjacent to an activating group) is 1. The van der Waals surface area contributed by atoms with Gasteiger partial charge in [-0.1, -0.05) is 19.1 Å². The summed E-state index contributed by atoms with van der Waals surface area (Å²) in [7, 11) is 1.79. The Bertz CT molecular complexity index is 445. The van der Waals surface area contributed by atoms with E-state index in [-0.39, 0.29) is 6.04 Å². The standard InChI is InChI=1S/C16H25F2N3/c1-3-7-20-8-10-21(11-9-20)12-15(19-2)13-5-4-6-14(17)16(13)18/h4-6,15,19H,3,7-12H2,1-2H3. The second-order valence-electron chi connectivity index (χ2n) is 5.63. The number of nitrogens with zero attached hydrogens (tertiary/aromatic N) is 2. The van der Waals surface area contributed by atoms with Crippen molar-refractivity contribution in [2.45, 2.75) is 19.4 Å². The molecule has 21 heavy (non-hydrogen) atoms. The van der Waals surface area contributed by atoms with E-state index in [2.05, 4.69) is 22.0 Å². The van der Waals surface area contributed by atoms with Crippen LogP contribution in [-0.2, 0) is 0 Å². The normalized spacial score (nSPS) is 18.9. The van der Waals surface area contributed by atoms with Crippen molar-refractivity contribution in [1.29, 1.82) is 0 Å². The predicted octanol–water partition coefficient (Wildman–Crippen LogP) is 2.25. The zero-order valence-corrected chi connectivity index (χ0v) is 12.9. The third-order valence-electron chi connectivity index (χ3n) is 4.15. The average molecular weight is 297 g/mol. The predicted molar refractivity (Wildman–Crippen MR) is 81.3 cm³/mol. The number of rotatable bonds is 6.